The summed E-state index contributed by atoms with van der Waals surface area (Å²) in [5.74, 6) is 0.0648. The van der Waals surface area contributed by atoms with E-state index < -0.39 is 0 Å². The Labute approximate surface area is 147 Å². The molecule has 0 heterocycles. The predicted molar refractivity (Wildman–Crippen MR) is 99.5 cm³/mol. The summed E-state index contributed by atoms with van der Waals surface area (Å²) < 4.78 is 0. The maximum absolute atomic E-state index is 12.7. The van der Waals surface area contributed by atoms with Crippen LogP contribution in [-0.2, 0) is 11.3 Å². The second-order valence-electron chi connectivity index (χ2n) is 5.29. The van der Waals surface area contributed by atoms with Crippen molar-refractivity contribution >= 4 is 23.4 Å². The van der Waals surface area contributed by atoms with E-state index in [1.807, 2.05) is 67.6 Å². The maximum Gasteiger partial charge on any atom is 0.227 e. The third-order valence-electron chi connectivity index (χ3n) is 3.53. The molecule has 2 aromatic rings. The number of nitrogens with zero attached hydrogens (tertiary/aromatic N) is 2. The van der Waals surface area contributed by atoms with Gasteiger partial charge in [-0.05, 0) is 29.3 Å². The molecule has 0 aromatic heterocycles. The van der Waals surface area contributed by atoms with Crippen LogP contribution in [0, 0.1) is 10.7 Å². The van der Waals surface area contributed by atoms with Crippen molar-refractivity contribution in [3.05, 3.63) is 77.2 Å². The molecule has 0 fully saturated rings. The van der Waals surface area contributed by atoms with Crippen molar-refractivity contribution in [3.8, 4) is 5.40 Å². The Hall–Kier alpha value is -2.51. The summed E-state index contributed by atoms with van der Waals surface area (Å²) in [4.78, 5) is 14.5. The van der Waals surface area contributed by atoms with E-state index in [0.717, 1.165) is 35.0 Å². The van der Waals surface area contributed by atoms with E-state index in [4.69, 9.17) is 5.26 Å². The Balaban J connectivity index is 2.40. The molecule has 0 spiro atoms. The Morgan fingerprint density at radius 1 is 1.12 bits per heavy atom. The minimum Gasteiger partial charge on any atom is -0.307 e. The summed E-state index contributed by atoms with van der Waals surface area (Å²) in [5, 5.41) is 12.8. The first-order valence-corrected chi connectivity index (χ1v) is 8.78. The number of benzene rings is 2. The molecule has 2 rings (SSSR count). The quantitative estimate of drug-likeness (QED) is 0.666. The summed E-state index contributed by atoms with van der Waals surface area (Å²) in [5.41, 5.74) is 2.76. The molecular weight excluding hydrogens is 316 g/mol. The van der Waals surface area contributed by atoms with Gasteiger partial charge in [0.2, 0.25) is 5.91 Å². The van der Waals surface area contributed by atoms with Crippen LogP contribution < -0.4 is 0 Å². The number of rotatable bonds is 7. The molecule has 0 saturated heterocycles. The molecule has 3 nitrogen and oxygen atoms in total. The molecule has 24 heavy (non-hydrogen) atoms. The van der Waals surface area contributed by atoms with E-state index in [1.165, 1.54) is 0 Å². The van der Waals surface area contributed by atoms with Gasteiger partial charge in [-0.15, -0.1) is 0 Å². The largest absolute Gasteiger partial charge is 0.307 e. The second kappa shape index (κ2) is 9.59. The van der Waals surface area contributed by atoms with Crippen molar-refractivity contribution in [2.75, 3.05) is 0 Å². The van der Waals surface area contributed by atoms with Gasteiger partial charge in [-0.25, -0.2) is 0 Å². The zero-order valence-corrected chi connectivity index (χ0v) is 14.5. The van der Waals surface area contributed by atoms with Crippen LogP contribution in [0.3, 0.4) is 0 Å². The van der Waals surface area contributed by atoms with Crippen LogP contribution in [0.2, 0.25) is 0 Å². The minimum absolute atomic E-state index is 0.0648. The lowest BCUT2D eigenvalue weighted by Gasteiger charge is -2.26. The third-order valence-corrected chi connectivity index (χ3v) is 3.98. The molecule has 4 heteroatoms. The lowest BCUT2D eigenvalue weighted by Crippen LogP contribution is -2.28. The van der Waals surface area contributed by atoms with Crippen LogP contribution in [-0.4, -0.2) is 10.8 Å². The van der Waals surface area contributed by atoms with Gasteiger partial charge in [0.1, 0.15) is 5.40 Å². The number of hydrogen-bond donors (Lipinski definition) is 0. The van der Waals surface area contributed by atoms with Gasteiger partial charge in [0.15, 0.2) is 0 Å². The molecular formula is C20H20N2OS. The number of carbonyl (C=O) groups is 1. The molecule has 0 unspecified atom stereocenters. The number of nitriles is 1. The molecule has 0 N–H and O–H groups in total. The van der Waals surface area contributed by atoms with Crippen molar-refractivity contribution in [1.82, 2.24) is 4.90 Å². The highest BCUT2D eigenvalue weighted by Gasteiger charge is 2.19. The fourth-order valence-electron chi connectivity index (χ4n) is 2.40. The summed E-state index contributed by atoms with van der Waals surface area (Å²) in [6.45, 7) is 2.49. The Morgan fingerprint density at radius 2 is 1.75 bits per heavy atom. The number of amides is 1. The first-order valence-electron chi connectivity index (χ1n) is 7.91. The van der Waals surface area contributed by atoms with E-state index in [-0.39, 0.29) is 5.91 Å². The summed E-state index contributed by atoms with van der Waals surface area (Å²) in [6, 6.07) is 19.6. The summed E-state index contributed by atoms with van der Waals surface area (Å²) in [6.07, 6.45) is 1.27. The first-order chi connectivity index (χ1) is 11.8. The van der Waals surface area contributed by atoms with E-state index in [0.29, 0.717) is 13.0 Å². The summed E-state index contributed by atoms with van der Waals surface area (Å²) in [7, 11) is 0. The zero-order chi connectivity index (χ0) is 17.2. The Kier molecular flexibility index (Phi) is 7.13. The Bertz CT molecular complexity index is 720. The number of carbonyl (C=O) groups excluding carboxylic acids is 1. The van der Waals surface area contributed by atoms with Gasteiger partial charge >= 0.3 is 0 Å². The van der Waals surface area contributed by atoms with Crippen LogP contribution in [0.15, 0.2) is 66.1 Å². The van der Waals surface area contributed by atoms with Gasteiger partial charge in [-0.1, -0.05) is 67.6 Å². The SMILES string of the molecule is CCCC(=O)N(Cc1ccccc1)C(=CSC#N)c1ccccc1. The van der Waals surface area contributed by atoms with Crippen molar-refractivity contribution in [3.63, 3.8) is 0 Å². The Morgan fingerprint density at radius 3 is 2.33 bits per heavy atom. The lowest BCUT2D eigenvalue weighted by atomic mass is 10.1. The molecule has 1 amide bonds. The monoisotopic (exact) mass is 336 g/mol. The van der Waals surface area contributed by atoms with Gasteiger partial charge < -0.3 is 4.90 Å². The van der Waals surface area contributed by atoms with Crippen LogP contribution in [0.4, 0.5) is 0 Å². The van der Waals surface area contributed by atoms with Crippen LogP contribution in [0.5, 0.6) is 0 Å². The van der Waals surface area contributed by atoms with Gasteiger partial charge in [0.05, 0.1) is 12.2 Å². The summed E-state index contributed by atoms with van der Waals surface area (Å²) >= 11 is 1.04. The van der Waals surface area contributed by atoms with E-state index >= 15 is 0 Å². The van der Waals surface area contributed by atoms with Crippen molar-refractivity contribution in [1.29, 1.82) is 5.26 Å². The first kappa shape index (κ1) is 17.8. The molecule has 0 saturated carbocycles. The van der Waals surface area contributed by atoms with Gasteiger partial charge in [-0.2, -0.15) is 5.26 Å². The van der Waals surface area contributed by atoms with Gasteiger partial charge in [0, 0.05) is 11.8 Å². The smallest absolute Gasteiger partial charge is 0.227 e. The number of hydrogen-bond acceptors (Lipinski definition) is 3. The maximum atomic E-state index is 12.7. The fourth-order valence-corrected chi connectivity index (χ4v) is 2.83. The molecule has 0 aliphatic rings. The van der Waals surface area contributed by atoms with Crippen LogP contribution in [0.1, 0.15) is 30.9 Å². The topological polar surface area (TPSA) is 44.1 Å². The highest BCUT2D eigenvalue weighted by Crippen LogP contribution is 2.25. The molecule has 0 aliphatic heterocycles. The fraction of sp³-hybridized carbons (Fsp3) is 0.200. The van der Waals surface area contributed by atoms with E-state index in [2.05, 4.69) is 5.40 Å². The van der Waals surface area contributed by atoms with Crippen molar-refractivity contribution < 1.29 is 4.79 Å². The normalized spacial score (nSPS) is 10.9. The average Bonchev–Trinajstić information content (AvgIpc) is 2.63. The van der Waals surface area contributed by atoms with Gasteiger partial charge in [0.25, 0.3) is 0 Å². The van der Waals surface area contributed by atoms with Crippen LogP contribution >= 0.6 is 11.8 Å². The van der Waals surface area contributed by atoms with Crippen LogP contribution in [0.25, 0.3) is 5.70 Å². The molecule has 2 aromatic carbocycles. The highest BCUT2D eigenvalue weighted by molar-refractivity contribution is 8.06. The number of thiocyanates is 1. The second-order valence-corrected chi connectivity index (χ2v) is 5.95. The minimum atomic E-state index is 0.0648. The van der Waals surface area contributed by atoms with E-state index in [9.17, 15) is 4.79 Å². The standard InChI is InChI=1S/C20H20N2OS/c1-2-9-20(23)22(14-17-10-5-3-6-11-17)19(15-24-16-21)18-12-7-4-8-13-18/h3-8,10-13,15H,2,9,14H2,1H3. The molecule has 0 radical (unpaired) electrons. The highest BCUT2D eigenvalue weighted by atomic mass is 32.2. The van der Waals surface area contributed by atoms with E-state index in [1.54, 1.807) is 10.3 Å². The molecule has 0 atom stereocenters. The lowest BCUT2D eigenvalue weighted by molar-refractivity contribution is -0.128. The number of thioether (sulfide) groups is 1. The molecule has 122 valence electrons. The van der Waals surface area contributed by atoms with Crippen molar-refractivity contribution in [2.45, 2.75) is 26.3 Å². The molecule has 0 aliphatic carbocycles. The molecule has 0 bridgehead atoms. The third kappa shape index (κ3) is 5.00. The zero-order valence-electron chi connectivity index (χ0n) is 13.7. The predicted octanol–water partition coefficient (Wildman–Crippen LogP) is 5.03. The van der Waals surface area contributed by atoms with Gasteiger partial charge in [-0.3, -0.25) is 4.79 Å². The average molecular weight is 336 g/mol. The van der Waals surface area contributed by atoms with Crippen molar-refractivity contribution in [2.24, 2.45) is 0 Å².